The number of alkyl halides is 4. The van der Waals surface area contributed by atoms with Crippen LogP contribution in [0.5, 0.6) is 0 Å². The highest BCUT2D eigenvalue weighted by Gasteiger charge is 2.67. The number of anilines is 1. The van der Waals surface area contributed by atoms with Crippen LogP contribution < -0.4 is 15.6 Å². The molecule has 14 nitrogen and oxygen atoms in total. The molecule has 0 spiro atoms. The number of aryl methyl sites for hydroxylation is 3. The largest absolute Gasteiger partial charge is 0.344 e. The average molecular weight is 939 g/mol. The molecule has 1 amide bonds. The number of fused-ring (bicyclic) bond motifs is 5. The number of amides is 1. The van der Waals surface area contributed by atoms with Crippen LogP contribution in [0.15, 0.2) is 59.4 Å². The zero-order chi connectivity index (χ0) is 46.4. The molecule has 0 bridgehead atoms. The standard InChI is InChI=1S/C43H37ClF6N10O4S/c1-5-23-16-24(6-2)52-39(51-23)20-7-8-25-29(14-20)54-41(60(42(25)62)31-10-9-28(44)34-36(31)58(3)56-40(34)57-65(4,63)64)30(13-19-11-21(45)15-22(46)12-19)53-32(61)18-59-37-33(35(55-59)38(47)48)26-17-27(26)43(37,49)50/h7-12,14-16,26-27,30,38H,5-6,13,17-18H2,1-4H3,(H,53,61)(H,56,57)/t26-,27+,30-/m0/s1. The van der Waals surface area contributed by atoms with Gasteiger partial charge in [-0.3, -0.25) is 28.2 Å². The number of aromatic nitrogens is 8. The predicted octanol–water partition coefficient (Wildman–Crippen LogP) is 7.60. The molecule has 1 fully saturated rings. The Morgan fingerprint density at radius 2 is 1.66 bits per heavy atom. The Bertz CT molecular complexity index is 3260. The van der Waals surface area contributed by atoms with E-state index in [1.807, 2.05) is 19.9 Å². The van der Waals surface area contributed by atoms with Crippen molar-refractivity contribution in [1.82, 2.24) is 44.4 Å². The zero-order valence-corrected chi connectivity index (χ0v) is 36.4. The van der Waals surface area contributed by atoms with Crippen molar-refractivity contribution >= 4 is 55.2 Å². The van der Waals surface area contributed by atoms with E-state index in [2.05, 4.69) is 30.2 Å². The fourth-order valence-electron chi connectivity index (χ4n) is 8.76. The summed E-state index contributed by atoms with van der Waals surface area (Å²) < 4.78 is 119. The third-order valence-corrected chi connectivity index (χ3v) is 12.5. The van der Waals surface area contributed by atoms with Gasteiger partial charge >= 0.3 is 0 Å². The van der Waals surface area contributed by atoms with Gasteiger partial charge in [-0.1, -0.05) is 31.5 Å². The minimum atomic E-state index is -3.92. The molecule has 0 aliphatic heterocycles. The van der Waals surface area contributed by atoms with Crippen molar-refractivity contribution in [3.05, 3.63) is 121 Å². The van der Waals surface area contributed by atoms with Gasteiger partial charge in [-0.15, -0.1) is 0 Å². The minimum Gasteiger partial charge on any atom is -0.344 e. The van der Waals surface area contributed by atoms with Gasteiger partial charge < -0.3 is 5.32 Å². The second-order valence-electron chi connectivity index (χ2n) is 16.1. The number of rotatable bonds is 13. The Morgan fingerprint density at radius 3 is 2.31 bits per heavy atom. The lowest BCUT2D eigenvalue weighted by molar-refractivity contribution is -0.123. The van der Waals surface area contributed by atoms with E-state index in [9.17, 15) is 30.8 Å². The van der Waals surface area contributed by atoms with Crippen molar-refractivity contribution in [2.75, 3.05) is 11.0 Å². The molecule has 22 heteroatoms. The topological polar surface area (TPSA) is 172 Å². The van der Waals surface area contributed by atoms with E-state index in [0.29, 0.717) is 35.0 Å². The lowest BCUT2D eigenvalue weighted by atomic mass is 10.0. The summed E-state index contributed by atoms with van der Waals surface area (Å²) in [6.45, 7) is 2.88. The molecule has 65 heavy (non-hydrogen) atoms. The molecule has 9 rings (SSSR count). The van der Waals surface area contributed by atoms with Crippen LogP contribution in [0.1, 0.15) is 78.4 Å². The summed E-state index contributed by atoms with van der Waals surface area (Å²) in [7, 11) is -2.46. The quantitative estimate of drug-likeness (QED) is 0.111. The number of benzene rings is 3. The van der Waals surface area contributed by atoms with Gasteiger partial charge in [0, 0.05) is 48.0 Å². The highest BCUT2D eigenvalue weighted by Crippen LogP contribution is 2.68. The van der Waals surface area contributed by atoms with Crippen LogP contribution in [0.2, 0.25) is 5.02 Å². The minimum absolute atomic E-state index is 0.00682. The SMILES string of the molecule is CCc1cc(CC)nc(-c2ccc3c(=O)n(-c4ccc(Cl)c5c(NS(C)(=O)=O)nn(C)c45)c([C@H](Cc4cc(F)cc(F)c4)NC(=O)Cn4nc(C(F)F)c5c4C(F)(F)[C@@H]4C[C@H]54)nc3c2)n1. The molecule has 4 aromatic heterocycles. The van der Waals surface area contributed by atoms with E-state index in [4.69, 9.17) is 16.6 Å². The zero-order valence-electron chi connectivity index (χ0n) is 34.8. The number of nitrogens with one attached hydrogen (secondary N) is 2. The number of carbonyl (C=O) groups excluding carboxylic acids is 1. The summed E-state index contributed by atoms with van der Waals surface area (Å²) in [5, 5.41) is 10.9. The van der Waals surface area contributed by atoms with Crippen LogP contribution in [-0.2, 0) is 53.6 Å². The average Bonchev–Trinajstić information content (AvgIpc) is 3.78. The smallest absolute Gasteiger partial charge is 0.293 e. The van der Waals surface area contributed by atoms with E-state index in [0.717, 1.165) is 34.3 Å². The Morgan fingerprint density at radius 1 is 0.969 bits per heavy atom. The van der Waals surface area contributed by atoms with Crippen molar-refractivity contribution in [3.8, 4) is 17.1 Å². The van der Waals surface area contributed by atoms with E-state index >= 15 is 13.6 Å². The van der Waals surface area contributed by atoms with Gasteiger partial charge in [0.05, 0.1) is 44.8 Å². The Balaban J connectivity index is 1.27. The molecule has 2 aliphatic carbocycles. The first-order valence-electron chi connectivity index (χ1n) is 20.3. The molecule has 3 aromatic carbocycles. The third-order valence-electron chi connectivity index (χ3n) is 11.6. The van der Waals surface area contributed by atoms with Crippen LogP contribution in [0.3, 0.4) is 0 Å². The van der Waals surface area contributed by atoms with Crippen LogP contribution in [-0.4, -0.2) is 59.7 Å². The van der Waals surface area contributed by atoms with Crippen molar-refractivity contribution in [2.45, 2.75) is 70.4 Å². The highest BCUT2D eigenvalue weighted by atomic mass is 35.5. The van der Waals surface area contributed by atoms with Crippen LogP contribution in [0.4, 0.5) is 32.2 Å². The number of hydrogen-bond donors (Lipinski definition) is 2. The summed E-state index contributed by atoms with van der Waals surface area (Å²) in [5.74, 6) is -8.72. The normalized spacial score (nSPS) is 16.9. The van der Waals surface area contributed by atoms with Crippen molar-refractivity contribution in [3.63, 3.8) is 0 Å². The molecule has 0 unspecified atom stereocenters. The van der Waals surface area contributed by atoms with Gasteiger partial charge in [-0.2, -0.15) is 19.0 Å². The van der Waals surface area contributed by atoms with E-state index in [-0.39, 0.29) is 61.7 Å². The second kappa shape index (κ2) is 16.0. The summed E-state index contributed by atoms with van der Waals surface area (Å²) in [6.07, 6.45) is -1.59. The molecule has 4 heterocycles. The molecular weight excluding hydrogens is 902 g/mol. The molecule has 0 saturated heterocycles. The van der Waals surface area contributed by atoms with Crippen molar-refractivity contribution in [2.24, 2.45) is 13.0 Å². The monoisotopic (exact) mass is 938 g/mol. The number of halogens is 7. The summed E-state index contributed by atoms with van der Waals surface area (Å²) >= 11 is 6.66. The maximum atomic E-state index is 15.6. The maximum absolute atomic E-state index is 15.6. The van der Waals surface area contributed by atoms with Gasteiger partial charge in [0.25, 0.3) is 17.9 Å². The Labute approximate surface area is 370 Å². The van der Waals surface area contributed by atoms with Gasteiger partial charge in [-0.25, -0.2) is 40.9 Å². The number of carbonyl (C=O) groups is 1. The fraction of sp³-hybridized carbons (Fsp3) is 0.326. The van der Waals surface area contributed by atoms with E-state index in [1.54, 1.807) is 12.1 Å². The summed E-state index contributed by atoms with van der Waals surface area (Å²) in [5.41, 5.74) is -0.550. The molecule has 2 aliphatic rings. The number of nitrogens with zero attached hydrogens (tertiary/aromatic N) is 8. The summed E-state index contributed by atoms with van der Waals surface area (Å²) in [4.78, 5) is 43.6. The van der Waals surface area contributed by atoms with Gasteiger partial charge in [-0.05, 0) is 73.2 Å². The summed E-state index contributed by atoms with van der Waals surface area (Å²) in [6, 6.07) is 10.4. The first kappa shape index (κ1) is 43.9. The highest BCUT2D eigenvalue weighted by molar-refractivity contribution is 7.92. The van der Waals surface area contributed by atoms with Gasteiger partial charge in [0.2, 0.25) is 15.9 Å². The third kappa shape index (κ3) is 7.87. The van der Waals surface area contributed by atoms with E-state index in [1.165, 1.54) is 29.9 Å². The van der Waals surface area contributed by atoms with Crippen molar-refractivity contribution < 1.29 is 39.6 Å². The Kier molecular flexibility index (Phi) is 10.8. The molecular formula is C43H37ClF6N10O4S. The number of sulfonamides is 1. The molecule has 1 saturated carbocycles. The lowest BCUT2D eigenvalue weighted by Crippen LogP contribution is -2.38. The number of hydrogen-bond acceptors (Lipinski definition) is 9. The molecule has 2 N–H and O–H groups in total. The fourth-order valence-corrected chi connectivity index (χ4v) is 9.50. The van der Waals surface area contributed by atoms with E-state index < -0.39 is 87.7 Å². The Hall–Kier alpha value is -6.35. The first-order chi connectivity index (χ1) is 30.8. The maximum Gasteiger partial charge on any atom is 0.293 e. The van der Waals surface area contributed by atoms with Crippen molar-refractivity contribution in [1.29, 1.82) is 0 Å². The first-order valence-corrected chi connectivity index (χ1v) is 22.6. The molecule has 3 atom stereocenters. The molecule has 338 valence electrons. The van der Waals surface area contributed by atoms with Gasteiger partial charge in [0.15, 0.2) is 11.6 Å². The lowest BCUT2D eigenvalue weighted by Gasteiger charge is -2.24. The van der Waals surface area contributed by atoms with Crippen LogP contribution in [0.25, 0.3) is 38.9 Å². The second-order valence-corrected chi connectivity index (χ2v) is 18.3. The molecule has 0 radical (unpaired) electrons. The van der Waals surface area contributed by atoms with Gasteiger partial charge in [0.1, 0.15) is 35.4 Å². The van der Waals surface area contributed by atoms with Crippen LogP contribution in [0, 0.1) is 17.6 Å². The molecule has 7 aromatic rings. The van der Waals surface area contributed by atoms with Crippen LogP contribution >= 0.6 is 11.6 Å². The predicted molar refractivity (Wildman–Crippen MR) is 228 cm³/mol.